The monoisotopic (exact) mass is 387 g/mol. The Kier molecular flexibility index (Phi) is 6.37. The van der Waals surface area contributed by atoms with Gasteiger partial charge in [-0.05, 0) is 7.05 Å². The van der Waals surface area contributed by atoms with E-state index in [4.69, 9.17) is 9.26 Å². The number of methoxy groups -OCH3 is 1. The number of benzene rings is 1. The van der Waals surface area contributed by atoms with Gasteiger partial charge in [-0.15, -0.1) is 0 Å². The van der Waals surface area contributed by atoms with Crippen molar-refractivity contribution in [3.63, 3.8) is 0 Å². The molecule has 2 amide bonds. The number of nitrogens with zero attached hydrogens (tertiary/aromatic N) is 5. The molecule has 0 unspecified atom stereocenters. The van der Waals surface area contributed by atoms with E-state index in [0.717, 1.165) is 5.56 Å². The fraction of sp³-hybridized carbons (Fsp3) is 0.474. The van der Waals surface area contributed by atoms with Crippen LogP contribution in [0.2, 0.25) is 0 Å². The summed E-state index contributed by atoms with van der Waals surface area (Å²) in [6.07, 6.45) is 0. The van der Waals surface area contributed by atoms with E-state index in [2.05, 4.69) is 10.1 Å². The van der Waals surface area contributed by atoms with Crippen molar-refractivity contribution >= 4 is 11.8 Å². The van der Waals surface area contributed by atoms with Crippen molar-refractivity contribution in [3.8, 4) is 11.4 Å². The molecular weight excluding hydrogens is 362 g/mol. The zero-order chi connectivity index (χ0) is 20.1. The van der Waals surface area contributed by atoms with Crippen LogP contribution in [0.25, 0.3) is 11.4 Å². The minimum Gasteiger partial charge on any atom is -0.375 e. The van der Waals surface area contributed by atoms with Crippen LogP contribution in [-0.4, -0.2) is 90.1 Å². The molecule has 0 bridgehead atoms. The second-order valence-corrected chi connectivity index (χ2v) is 6.87. The highest BCUT2D eigenvalue weighted by atomic mass is 16.5. The topological polar surface area (TPSA) is 92.0 Å². The lowest BCUT2D eigenvalue weighted by molar-refractivity contribution is -0.150. The molecule has 150 valence electrons. The van der Waals surface area contributed by atoms with Crippen molar-refractivity contribution in [2.24, 2.45) is 0 Å². The number of hydrogen-bond acceptors (Lipinski definition) is 7. The van der Waals surface area contributed by atoms with E-state index in [-0.39, 0.29) is 25.0 Å². The SMILES string of the molecule is COCC(=O)N1CCN(C)C[C@H]1C(=O)N(C)Cc1nc(-c2ccccc2)no1. The smallest absolute Gasteiger partial charge is 0.249 e. The summed E-state index contributed by atoms with van der Waals surface area (Å²) in [6, 6.07) is 8.91. The Labute approximate surface area is 163 Å². The number of hydrogen-bond donors (Lipinski definition) is 0. The Morgan fingerprint density at radius 1 is 1.29 bits per heavy atom. The molecule has 1 aromatic heterocycles. The average Bonchev–Trinajstić information content (AvgIpc) is 3.16. The van der Waals surface area contributed by atoms with Crippen LogP contribution >= 0.6 is 0 Å². The van der Waals surface area contributed by atoms with Gasteiger partial charge in [-0.25, -0.2) is 0 Å². The van der Waals surface area contributed by atoms with Crippen LogP contribution in [0.4, 0.5) is 0 Å². The van der Waals surface area contributed by atoms with Gasteiger partial charge in [-0.1, -0.05) is 35.5 Å². The molecule has 0 aliphatic carbocycles. The molecule has 1 aliphatic rings. The lowest BCUT2D eigenvalue weighted by Gasteiger charge is -2.40. The summed E-state index contributed by atoms with van der Waals surface area (Å²) < 4.78 is 10.2. The normalized spacial score (nSPS) is 17.5. The first-order chi connectivity index (χ1) is 13.5. The molecule has 0 saturated carbocycles. The maximum absolute atomic E-state index is 13.0. The molecule has 1 atom stereocenters. The molecule has 9 heteroatoms. The van der Waals surface area contributed by atoms with Crippen molar-refractivity contribution in [1.82, 2.24) is 24.8 Å². The van der Waals surface area contributed by atoms with Crippen LogP contribution in [0.3, 0.4) is 0 Å². The highest BCUT2D eigenvalue weighted by Crippen LogP contribution is 2.17. The minimum atomic E-state index is -0.567. The Morgan fingerprint density at radius 3 is 2.75 bits per heavy atom. The van der Waals surface area contributed by atoms with Crippen molar-refractivity contribution in [3.05, 3.63) is 36.2 Å². The van der Waals surface area contributed by atoms with Crippen LogP contribution in [0, 0.1) is 0 Å². The summed E-state index contributed by atoms with van der Waals surface area (Å²) in [4.78, 5) is 34.9. The molecule has 0 N–H and O–H groups in total. The highest BCUT2D eigenvalue weighted by molar-refractivity contribution is 5.88. The molecule has 0 radical (unpaired) electrons. The van der Waals surface area contributed by atoms with Crippen LogP contribution in [0.15, 0.2) is 34.9 Å². The summed E-state index contributed by atoms with van der Waals surface area (Å²) in [5.41, 5.74) is 0.844. The largest absolute Gasteiger partial charge is 0.375 e. The van der Waals surface area contributed by atoms with Gasteiger partial charge in [0.15, 0.2) is 0 Å². The quantitative estimate of drug-likeness (QED) is 0.712. The van der Waals surface area contributed by atoms with Crippen molar-refractivity contribution in [2.75, 3.05) is 47.4 Å². The molecule has 1 saturated heterocycles. The standard InChI is InChI=1S/C19H25N5O4/c1-22-9-10-24(17(25)13-27-3)15(11-22)19(26)23(2)12-16-20-18(21-28-16)14-7-5-4-6-8-14/h4-8,15H,9-13H2,1-3H3/t15-/m0/s1. The third kappa shape index (κ3) is 4.55. The zero-order valence-corrected chi connectivity index (χ0v) is 16.4. The Balaban J connectivity index is 1.69. The molecule has 1 aromatic carbocycles. The number of carbonyl (C=O) groups excluding carboxylic acids is 2. The van der Waals surface area contributed by atoms with E-state index in [1.54, 1.807) is 11.9 Å². The molecule has 2 heterocycles. The molecule has 0 spiro atoms. The Hall–Kier alpha value is -2.78. The fourth-order valence-electron chi connectivity index (χ4n) is 3.19. The summed E-state index contributed by atoms with van der Waals surface area (Å²) in [6.45, 7) is 1.80. The Morgan fingerprint density at radius 2 is 2.04 bits per heavy atom. The lowest BCUT2D eigenvalue weighted by atomic mass is 10.1. The number of rotatable bonds is 6. The van der Waals surface area contributed by atoms with Gasteiger partial charge in [0.2, 0.25) is 23.5 Å². The van der Waals surface area contributed by atoms with E-state index < -0.39 is 6.04 Å². The summed E-state index contributed by atoms with van der Waals surface area (Å²) >= 11 is 0. The lowest BCUT2D eigenvalue weighted by Crippen LogP contribution is -2.60. The number of piperazine rings is 1. The predicted octanol–water partition coefficient (Wildman–Crippen LogP) is 0.484. The van der Waals surface area contributed by atoms with E-state index >= 15 is 0 Å². The van der Waals surface area contributed by atoms with E-state index in [1.165, 1.54) is 12.0 Å². The average molecular weight is 387 g/mol. The third-order valence-corrected chi connectivity index (χ3v) is 4.71. The van der Waals surface area contributed by atoms with E-state index in [0.29, 0.717) is 31.3 Å². The van der Waals surface area contributed by atoms with Gasteiger partial charge in [-0.2, -0.15) is 4.98 Å². The molecular formula is C19H25N5O4. The Bertz CT molecular complexity index is 810. The molecule has 1 fully saturated rings. The maximum Gasteiger partial charge on any atom is 0.249 e. The van der Waals surface area contributed by atoms with Crippen LogP contribution in [-0.2, 0) is 20.9 Å². The second-order valence-electron chi connectivity index (χ2n) is 6.87. The molecule has 28 heavy (non-hydrogen) atoms. The first-order valence-corrected chi connectivity index (χ1v) is 9.09. The van der Waals surface area contributed by atoms with Gasteiger partial charge in [-0.3, -0.25) is 9.59 Å². The molecule has 1 aliphatic heterocycles. The maximum atomic E-state index is 13.0. The summed E-state index contributed by atoms with van der Waals surface area (Å²) in [7, 11) is 5.07. The number of aromatic nitrogens is 2. The molecule has 3 rings (SSSR count). The second kappa shape index (κ2) is 8.94. The van der Waals surface area contributed by atoms with Crippen LogP contribution in [0.1, 0.15) is 5.89 Å². The number of amides is 2. The molecule has 9 nitrogen and oxygen atoms in total. The van der Waals surface area contributed by atoms with E-state index in [9.17, 15) is 9.59 Å². The third-order valence-electron chi connectivity index (χ3n) is 4.71. The van der Waals surface area contributed by atoms with Crippen LogP contribution in [0.5, 0.6) is 0 Å². The van der Waals surface area contributed by atoms with Gasteiger partial charge in [0, 0.05) is 39.4 Å². The number of ether oxygens (including phenoxy) is 1. The minimum absolute atomic E-state index is 0.0404. The number of likely N-dealkylation sites (N-methyl/N-ethyl adjacent to an activating group) is 2. The summed E-state index contributed by atoms with van der Waals surface area (Å²) in [5.74, 6) is 0.460. The van der Waals surface area contributed by atoms with Crippen molar-refractivity contribution in [1.29, 1.82) is 0 Å². The van der Waals surface area contributed by atoms with Crippen LogP contribution < -0.4 is 0 Å². The zero-order valence-electron chi connectivity index (χ0n) is 16.4. The first-order valence-electron chi connectivity index (χ1n) is 9.09. The number of carbonyl (C=O) groups is 2. The molecule has 2 aromatic rings. The van der Waals surface area contributed by atoms with Gasteiger partial charge in [0.05, 0.1) is 6.54 Å². The predicted molar refractivity (Wildman–Crippen MR) is 101 cm³/mol. The fourth-order valence-corrected chi connectivity index (χ4v) is 3.19. The van der Waals surface area contributed by atoms with Gasteiger partial charge in [0.25, 0.3) is 0 Å². The van der Waals surface area contributed by atoms with Crippen molar-refractivity contribution in [2.45, 2.75) is 12.6 Å². The van der Waals surface area contributed by atoms with Gasteiger partial charge in [0.1, 0.15) is 12.6 Å². The van der Waals surface area contributed by atoms with E-state index in [1.807, 2.05) is 42.3 Å². The highest BCUT2D eigenvalue weighted by Gasteiger charge is 2.36. The van der Waals surface area contributed by atoms with Gasteiger partial charge >= 0.3 is 0 Å². The van der Waals surface area contributed by atoms with Crippen molar-refractivity contribution < 1.29 is 18.8 Å². The summed E-state index contributed by atoms with van der Waals surface area (Å²) in [5, 5.41) is 3.98. The van der Waals surface area contributed by atoms with Gasteiger partial charge < -0.3 is 24.0 Å². The first kappa shape index (κ1) is 20.0.